The molecule has 0 saturated heterocycles. The molecule has 0 amide bonds. The summed E-state index contributed by atoms with van der Waals surface area (Å²) in [5, 5.41) is 3.49. The van der Waals surface area contributed by atoms with E-state index in [4.69, 9.17) is 9.47 Å². The van der Waals surface area contributed by atoms with Crippen molar-refractivity contribution in [1.82, 2.24) is 10.3 Å². The van der Waals surface area contributed by atoms with Crippen molar-refractivity contribution in [3.63, 3.8) is 0 Å². The largest absolute Gasteiger partial charge is 0.489 e. The molecule has 134 valence electrons. The third-order valence-electron chi connectivity index (χ3n) is 4.56. The molecule has 0 spiro atoms. The van der Waals surface area contributed by atoms with Gasteiger partial charge in [-0.05, 0) is 37.9 Å². The first-order valence-electron chi connectivity index (χ1n) is 9.34. The fourth-order valence-corrected chi connectivity index (χ4v) is 3.16. The van der Waals surface area contributed by atoms with Gasteiger partial charge in [0.15, 0.2) is 0 Å². The van der Waals surface area contributed by atoms with Gasteiger partial charge < -0.3 is 14.8 Å². The first-order valence-corrected chi connectivity index (χ1v) is 9.34. The first-order chi connectivity index (χ1) is 12.4. The molecule has 0 atom stereocenters. The lowest BCUT2D eigenvalue weighted by Gasteiger charge is -2.13. The van der Waals surface area contributed by atoms with Crippen LogP contribution in [0, 0.1) is 0 Å². The number of pyridine rings is 1. The Morgan fingerprint density at radius 1 is 1.08 bits per heavy atom. The van der Waals surface area contributed by atoms with Crippen LogP contribution >= 0.6 is 0 Å². The van der Waals surface area contributed by atoms with Gasteiger partial charge in [-0.25, -0.2) is 0 Å². The zero-order chi connectivity index (χ0) is 17.2. The number of nitrogens with one attached hydrogen (secondary N) is 1. The molecule has 1 N–H and O–H groups in total. The summed E-state index contributed by atoms with van der Waals surface area (Å²) in [5.74, 6) is 0.932. The van der Waals surface area contributed by atoms with Gasteiger partial charge in [0.25, 0.3) is 0 Å². The van der Waals surface area contributed by atoms with E-state index in [9.17, 15) is 0 Å². The Hall–Kier alpha value is -1.91. The van der Waals surface area contributed by atoms with Gasteiger partial charge in [-0.1, -0.05) is 37.1 Å². The van der Waals surface area contributed by atoms with E-state index in [1.807, 2.05) is 30.5 Å². The van der Waals surface area contributed by atoms with E-state index >= 15 is 0 Å². The number of ether oxygens (including phenoxy) is 2. The van der Waals surface area contributed by atoms with E-state index in [-0.39, 0.29) is 0 Å². The van der Waals surface area contributed by atoms with Gasteiger partial charge in [-0.2, -0.15) is 0 Å². The number of nitrogens with zero attached hydrogens (tertiary/aromatic N) is 1. The van der Waals surface area contributed by atoms with Crippen LogP contribution in [0.4, 0.5) is 0 Å². The van der Waals surface area contributed by atoms with E-state index in [1.165, 1.54) is 31.2 Å². The molecule has 1 saturated carbocycles. The fraction of sp³-hybridized carbons (Fsp3) is 0.476. The summed E-state index contributed by atoms with van der Waals surface area (Å²) in [6.07, 6.45) is 10.3. The summed E-state index contributed by atoms with van der Waals surface area (Å²) in [6.45, 7) is 3.17. The minimum Gasteiger partial charge on any atom is -0.489 e. The summed E-state index contributed by atoms with van der Waals surface area (Å²) in [7, 11) is 0. The highest BCUT2D eigenvalue weighted by molar-refractivity contribution is 5.33. The van der Waals surface area contributed by atoms with Crippen LogP contribution in [-0.4, -0.2) is 24.2 Å². The Labute approximate surface area is 150 Å². The molecule has 1 aliphatic rings. The number of hydrogen-bond acceptors (Lipinski definition) is 4. The van der Waals surface area contributed by atoms with Crippen LogP contribution in [0.3, 0.4) is 0 Å². The van der Waals surface area contributed by atoms with E-state index in [0.717, 1.165) is 37.4 Å². The maximum atomic E-state index is 5.96. The van der Waals surface area contributed by atoms with Crippen LogP contribution < -0.4 is 10.1 Å². The van der Waals surface area contributed by atoms with Crippen LogP contribution in [0.1, 0.15) is 43.2 Å². The molecule has 4 nitrogen and oxygen atoms in total. The topological polar surface area (TPSA) is 43.4 Å². The number of hydrogen-bond donors (Lipinski definition) is 1. The van der Waals surface area contributed by atoms with Crippen molar-refractivity contribution in [3.8, 4) is 5.75 Å². The molecule has 1 aromatic heterocycles. The summed E-state index contributed by atoms with van der Waals surface area (Å²) >= 11 is 0. The van der Waals surface area contributed by atoms with Crippen LogP contribution in [0.15, 0.2) is 48.8 Å². The van der Waals surface area contributed by atoms with Gasteiger partial charge in [0, 0.05) is 36.7 Å². The Kier molecular flexibility index (Phi) is 7.28. The second-order valence-electron chi connectivity index (χ2n) is 6.57. The molecule has 0 aliphatic heterocycles. The molecule has 3 rings (SSSR count). The minimum absolute atomic E-state index is 0.515. The van der Waals surface area contributed by atoms with Crippen molar-refractivity contribution in [3.05, 3.63) is 59.9 Å². The summed E-state index contributed by atoms with van der Waals surface area (Å²) in [6, 6.07) is 12.2. The predicted octanol–water partition coefficient (Wildman–Crippen LogP) is 4.10. The van der Waals surface area contributed by atoms with Crippen molar-refractivity contribution in [1.29, 1.82) is 0 Å². The second-order valence-corrected chi connectivity index (χ2v) is 6.57. The monoisotopic (exact) mass is 340 g/mol. The van der Waals surface area contributed by atoms with Gasteiger partial charge in [0.1, 0.15) is 12.4 Å². The Balaban J connectivity index is 1.37. The lowest BCUT2D eigenvalue weighted by atomic mass is 10.2. The number of rotatable bonds is 10. The first kappa shape index (κ1) is 17.9. The van der Waals surface area contributed by atoms with E-state index in [1.54, 1.807) is 6.20 Å². The molecular formula is C21H28N2O2. The Bertz CT molecular complexity index is 612. The van der Waals surface area contributed by atoms with Crippen LogP contribution in [0.5, 0.6) is 5.75 Å². The highest BCUT2D eigenvalue weighted by atomic mass is 16.5. The van der Waals surface area contributed by atoms with Crippen LogP contribution in [-0.2, 0) is 17.9 Å². The van der Waals surface area contributed by atoms with Gasteiger partial charge in [-0.15, -0.1) is 0 Å². The third kappa shape index (κ3) is 6.15. The molecular weight excluding hydrogens is 312 g/mol. The number of benzene rings is 1. The van der Waals surface area contributed by atoms with Crippen molar-refractivity contribution in [2.24, 2.45) is 0 Å². The molecule has 1 aromatic carbocycles. The molecule has 2 aromatic rings. The van der Waals surface area contributed by atoms with Crippen LogP contribution in [0.2, 0.25) is 0 Å². The van der Waals surface area contributed by atoms with Gasteiger partial charge in [-0.3, -0.25) is 4.98 Å². The van der Waals surface area contributed by atoms with E-state index in [2.05, 4.69) is 22.4 Å². The van der Waals surface area contributed by atoms with Crippen molar-refractivity contribution in [2.75, 3.05) is 13.2 Å². The van der Waals surface area contributed by atoms with E-state index < -0.39 is 0 Å². The Morgan fingerprint density at radius 3 is 2.80 bits per heavy atom. The predicted molar refractivity (Wildman–Crippen MR) is 99.5 cm³/mol. The molecule has 0 unspecified atom stereocenters. The van der Waals surface area contributed by atoms with Crippen molar-refractivity contribution in [2.45, 2.75) is 51.4 Å². The highest BCUT2D eigenvalue weighted by Gasteiger charge is 2.14. The van der Waals surface area contributed by atoms with Crippen LogP contribution in [0.25, 0.3) is 0 Å². The molecule has 4 heteroatoms. The van der Waals surface area contributed by atoms with Crippen molar-refractivity contribution < 1.29 is 9.47 Å². The van der Waals surface area contributed by atoms with Crippen molar-refractivity contribution >= 4 is 0 Å². The summed E-state index contributed by atoms with van der Waals surface area (Å²) in [5.41, 5.74) is 2.26. The Morgan fingerprint density at radius 2 is 1.96 bits per heavy atom. The van der Waals surface area contributed by atoms with E-state index in [0.29, 0.717) is 12.7 Å². The minimum atomic E-state index is 0.515. The lowest BCUT2D eigenvalue weighted by molar-refractivity contribution is 0.0568. The zero-order valence-electron chi connectivity index (χ0n) is 14.8. The number of aromatic nitrogens is 1. The standard InChI is InChI=1S/C21H28N2O2/c1-4-11-21(25-17-18-7-5-12-22-15-18)19(8-1)16-23-13-6-14-24-20-9-2-3-10-20/h1,4-5,7-8,11-12,15,20,23H,2-3,6,9-10,13-14,16-17H2. The normalized spacial score (nSPS) is 14.7. The molecule has 0 radical (unpaired) electrons. The quantitative estimate of drug-likeness (QED) is 0.661. The lowest BCUT2D eigenvalue weighted by Crippen LogP contribution is -2.18. The number of para-hydroxylation sites is 1. The second kappa shape index (κ2) is 10.2. The zero-order valence-corrected chi connectivity index (χ0v) is 14.8. The highest BCUT2D eigenvalue weighted by Crippen LogP contribution is 2.21. The van der Waals surface area contributed by atoms with Gasteiger partial charge >= 0.3 is 0 Å². The van der Waals surface area contributed by atoms with Gasteiger partial charge in [0.05, 0.1) is 6.10 Å². The molecule has 25 heavy (non-hydrogen) atoms. The maximum absolute atomic E-state index is 5.96. The molecule has 1 heterocycles. The summed E-state index contributed by atoms with van der Waals surface area (Å²) < 4.78 is 11.9. The molecule has 1 aliphatic carbocycles. The summed E-state index contributed by atoms with van der Waals surface area (Å²) in [4.78, 5) is 4.12. The molecule has 1 fully saturated rings. The SMILES string of the molecule is c1cncc(COc2ccccc2CNCCCOC2CCCC2)c1. The average molecular weight is 340 g/mol. The average Bonchev–Trinajstić information content (AvgIpc) is 3.18. The third-order valence-corrected chi connectivity index (χ3v) is 4.56. The smallest absolute Gasteiger partial charge is 0.124 e. The van der Waals surface area contributed by atoms with Gasteiger partial charge in [0.2, 0.25) is 0 Å². The maximum Gasteiger partial charge on any atom is 0.124 e. The fourth-order valence-electron chi connectivity index (χ4n) is 3.16. The molecule has 0 bridgehead atoms.